The van der Waals surface area contributed by atoms with E-state index < -0.39 is 23.7 Å². The Labute approximate surface area is 170 Å². The van der Waals surface area contributed by atoms with Crippen LogP contribution in [-0.2, 0) is 21.5 Å². The molecule has 144 valence electrons. The van der Waals surface area contributed by atoms with Gasteiger partial charge in [0, 0.05) is 6.42 Å². The van der Waals surface area contributed by atoms with Crippen LogP contribution in [0.2, 0.25) is 18.1 Å². The van der Waals surface area contributed by atoms with Crippen molar-refractivity contribution in [2.45, 2.75) is 61.4 Å². The Bertz CT molecular complexity index is 699. The van der Waals surface area contributed by atoms with Crippen LogP contribution in [0.5, 0.6) is 0 Å². The second-order valence-electron chi connectivity index (χ2n) is 8.53. The fourth-order valence-corrected chi connectivity index (χ4v) is 4.71. The second-order valence-corrected chi connectivity index (χ2v) is 15.9. The van der Waals surface area contributed by atoms with Crippen molar-refractivity contribution in [3.05, 3.63) is 47.5 Å². The van der Waals surface area contributed by atoms with E-state index in [9.17, 15) is 4.79 Å². The van der Waals surface area contributed by atoms with Crippen LogP contribution in [0, 0.1) is 5.92 Å². The van der Waals surface area contributed by atoms with Crippen LogP contribution in [-0.4, -0.2) is 18.4 Å². The van der Waals surface area contributed by atoms with Gasteiger partial charge in [-0.2, -0.15) is 0 Å². The summed E-state index contributed by atoms with van der Waals surface area (Å²) in [5.74, 6) is -0.566. The molecule has 6 heteroatoms. The summed E-state index contributed by atoms with van der Waals surface area (Å²) in [6.45, 7) is 11.3. The van der Waals surface area contributed by atoms with Gasteiger partial charge in [0.05, 0.1) is 12.5 Å². The van der Waals surface area contributed by atoms with Crippen molar-refractivity contribution in [3.8, 4) is 0 Å². The van der Waals surface area contributed by atoms with E-state index in [4.69, 9.17) is 16.0 Å². The minimum Gasteiger partial charge on any atom is -0.413 e. The molecule has 0 amide bonds. The molecule has 26 heavy (non-hydrogen) atoms. The smallest absolute Gasteiger partial charge is 0.192 e. The SMILES string of the molecule is CC(C)(C)[Si](C)(C)OCc1ccccc1C1(F)C=CC(C=O)C(Cl)(Br)C1. The molecule has 0 heterocycles. The van der Waals surface area contributed by atoms with Gasteiger partial charge < -0.3 is 9.22 Å². The lowest BCUT2D eigenvalue weighted by Crippen LogP contribution is -2.41. The van der Waals surface area contributed by atoms with Gasteiger partial charge in [0.2, 0.25) is 0 Å². The molecule has 0 fully saturated rings. The van der Waals surface area contributed by atoms with Gasteiger partial charge >= 0.3 is 0 Å². The molecule has 0 N–H and O–H groups in total. The van der Waals surface area contributed by atoms with Crippen molar-refractivity contribution < 1.29 is 13.6 Å². The first-order valence-corrected chi connectivity index (χ1v) is 12.8. The van der Waals surface area contributed by atoms with Crippen LogP contribution < -0.4 is 0 Å². The normalized spacial score (nSPS) is 29.6. The first kappa shape index (κ1) is 21.8. The number of carbonyl (C=O) groups excluding carboxylic acids is 1. The van der Waals surface area contributed by atoms with Gasteiger partial charge in [0.25, 0.3) is 0 Å². The standard InChI is InChI=1S/C20H27BrClFO2Si/c1-18(2,3)26(4,5)25-13-15-8-6-7-9-17(15)19(23)11-10-16(12-24)20(21,22)14-19/h6-12,16H,13-14H2,1-5H3. The lowest BCUT2D eigenvalue weighted by molar-refractivity contribution is -0.110. The lowest BCUT2D eigenvalue weighted by atomic mass is 9.80. The quantitative estimate of drug-likeness (QED) is 0.217. The molecule has 2 nitrogen and oxygen atoms in total. The van der Waals surface area contributed by atoms with E-state index >= 15 is 4.39 Å². The van der Waals surface area contributed by atoms with Crippen molar-refractivity contribution in [2.24, 2.45) is 5.92 Å². The number of aldehydes is 1. The molecule has 0 saturated heterocycles. The highest BCUT2D eigenvalue weighted by molar-refractivity contribution is 9.10. The minimum absolute atomic E-state index is 0.0292. The summed E-state index contributed by atoms with van der Waals surface area (Å²) < 4.78 is 21.0. The number of hydrogen-bond acceptors (Lipinski definition) is 2. The van der Waals surface area contributed by atoms with Gasteiger partial charge in [0.1, 0.15) is 10.1 Å². The molecule has 3 atom stereocenters. The van der Waals surface area contributed by atoms with E-state index in [1.807, 2.05) is 18.2 Å². The maximum absolute atomic E-state index is 15.9. The predicted octanol–water partition coefficient (Wildman–Crippen LogP) is 6.48. The van der Waals surface area contributed by atoms with Crippen molar-refractivity contribution in [2.75, 3.05) is 0 Å². The average Bonchev–Trinajstić information content (AvgIpc) is 2.51. The molecule has 0 radical (unpaired) electrons. The molecule has 0 aliphatic heterocycles. The van der Waals surface area contributed by atoms with Crippen molar-refractivity contribution in [1.82, 2.24) is 0 Å². The van der Waals surface area contributed by atoms with E-state index in [0.29, 0.717) is 12.2 Å². The number of carbonyl (C=O) groups is 1. The highest BCUT2D eigenvalue weighted by Gasteiger charge is 2.47. The molecular formula is C20H27BrClFO2Si. The molecule has 0 saturated carbocycles. The van der Waals surface area contributed by atoms with Crippen molar-refractivity contribution in [3.63, 3.8) is 0 Å². The van der Waals surface area contributed by atoms with Crippen molar-refractivity contribution >= 4 is 42.1 Å². The summed E-state index contributed by atoms with van der Waals surface area (Å²) in [6.07, 6.45) is 3.71. The molecule has 2 rings (SSSR count). The van der Waals surface area contributed by atoms with Crippen LogP contribution >= 0.6 is 27.5 Å². The monoisotopic (exact) mass is 460 g/mol. The van der Waals surface area contributed by atoms with Gasteiger partial charge in [-0.15, -0.1) is 11.6 Å². The van der Waals surface area contributed by atoms with Crippen LogP contribution in [0.4, 0.5) is 4.39 Å². The highest BCUT2D eigenvalue weighted by atomic mass is 79.9. The van der Waals surface area contributed by atoms with Crippen LogP contribution in [0.25, 0.3) is 0 Å². The average molecular weight is 462 g/mol. The number of rotatable bonds is 5. The number of hydrogen-bond donors (Lipinski definition) is 0. The van der Waals surface area contributed by atoms with Gasteiger partial charge in [-0.25, -0.2) is 4.39 Å². The third kappa shape index (κ3) is 4.49. The number of benzene rings is 1. The molecule has 3 unspecified atom stereocenters. The molecule has 0 spiro atoms. The first-order valence-electron chi connectivity index (χ1n) is 8.76. The summed E-state index contributed by atoms with van der Waals surface area (Å²) in [6, 6.07) is 7.37. The summed E-state index contributed by atoms with van der Waals surface area (Å²) in [7, 11) is -1.95. The first-order chi connectivity index (χ1) is 11.8. The number of allylic oxidation sites excluding steroid dienone is 2. The molecule has 1 aromatic rings. The summed E-state index contributed by atoms with van der Waals surface area (Å²) in [5.41, 5.74) is -0.393. The zero-order valence-corrected chi connectivity index (χ0v) is 19.3. The minimum atomic E-state index is -1.95. The maximum Gasteiger partial charge on any atom is 0.192 e. The van der Waals surface area contributed by atoms with Crippen molar-refractivity contribution in [1.29, 1.82) is 0 Å². The fourth-order valence-electron chi connectivity index (χ4n) is 2.77. The molecule has 0 aromatic heterocycles. The highest BCUT2D eigenvalue weighted by Crippen LogP contribution is 2.50. The fraction of sp³-hybridized carbons (Fsp3) is 0.550. The Morgan fingerprint density at radius 3 is 2.54 bits per heavy atom. The number of halogens is 3. The van der Waals surface area contributed by atoms with Crippen LogP contribution in [0.3, 0.4) is 0 Å². The van der Waals surface area contributed by atoms with E-state index in [0.717, 1.165) is 11.8 Å². The predicted molar refractivity (Wildman–Crippen MR) is 112 cm³/mol. The zero-order chi connectivity index (χ0) is 19.8. The summed E-state index contributed by atoms with van der Waals surface area (Å²) >= 11 is 9.74. The second kappa shape index (κ2) is 7.49. The number of alkyl halides is 3. The molecular weight excluding hydrogens is 435 g/mol. The third-order valence-corrected chi connectivity index (χ3v) is 11.2. The van der Waals surface area contributed by atoms with E-state index in [1.54, 1.807) is 12.1 Å². The van der Waals surface area contributed by atoms with Gasteiger partial charge in [-0.1, -0.05) is 67.0 Å². The van der Waals surface area contributed by atoms with E-state index in [2.05, 4.69) is 49.8 Å². The Morgan fingerprint density at radius 2 is 2.00 bits per heavy atom. The van der Waals surface area contributed by atoms with Gasteiger partial charge in [-0.3, -0.25) is 0 Å². The molecule has 1 aromatic carbocycles. The molecule has 0 bridgehead atoms. The Morgan fingerprint density at radius 1 is 1.38 bits per heavy atom. The Hall–Kier alpha value is -0.493. The summed E-state index contributed by atoms with van der Waals surface area (Å²) in [4.78, 5) is 11.2. The van der Waals surface area contributed by atoms with Gasteiger partial charge in [-0.05, 0) is 35.3 Å². The maximum atomic E-state index is 15.9. The largest absolute Gasteiger partial charge is 0.413 e. The Balaban J connectivity index is 2.34. The van der Waals surface area contributed by atoms with E-state index in [1.165, 1.54) is 6.08 Å². The van der Waals surface area contributed by atoms with Gasteiger partial charge in [0.15, 0.2) is 14.0 Å². The van der Waals surface area contributed by atoms with Crippen LogP contribution in [0.15, 0.2) is 36.4 Å². The van der Waals surface area contributed by atoms with Crippen LogP contribution in [0.1, 0.15) is 38.3 Å². The lowest BCUT2D eigenvalue weighted by Gasteiger charge is -2.38. The zero-order valence-electron chi connectivity index (χ0n) is 16.0. The molecule has 1 aliphatic carbocycles. The molecule has 1 aliphatic rings. The Kier molecular flexibility index (Phi) is 6.28. The van der Waals surface area contributed by atoms with E-state index in [-0.39, 0.29) is 11.5 Å². The topological polar surface area (TPSA) is 26.3 Å². The summed E-state index contributed by atoms with van der Waals surface area (Å²) in [5, 5.41) is 0.0818. The third-order valence-electron chi connectivity index (χ3n) is 5.55.